The molecule has 0 radical (unpaired) electrons. The van der Waals surface area contributed by atoms with Gasteiger partial charge in [-0.15, -0.1) is 0 Å². The van der Waals surface area contributed by atoms with Crippen LogP contribution in [0.1, 0.15) is 64.7 Å². The Bertz CT molecular complexity index is 305. The van der Waals surface area contributed by atoms with Crippen molar-refractivity contribution in [2.75, 3.05) is 0 Å². The molecular weight excluding hydrogens is 236 g/mol. The minimum absolute atomic E-state index is 0.181. The van der Waals surface area contributed by atoms with E-state index in [0.717, 1.165) is 17.8 Å². The third-order valence-corrected chi connectivity index (χ3v) is 5.24. The molecule has 0 aromatic heterocycles. The first kappa shape index (κ1) is 14.6. The lowest BCUT2D eigenvalue weighted by Gasteiger charge is -2.36. The topological polar surface area (TPSA) is 37.3 Å². The SMILES string of the molecule is CC1CCC(C2CCC(C=CCC(=O)O)CC2)CC1. The van der Waals surface area contributed by atoms with Gasteiger partial charge in [-0.05, 0) is 62.2 Å². The lowest BCUT2D eigenvalue weighted by molar-refractivity contribution is -0.136. The highest BCUT2D eigenvalue weighted by Crippen LogP contribution is 2.41. The number of rotatable bonds is 4. The van der Waals surface area contributed by atoms with Crippen LogP contribution in [0, 0.1) is 23.7 Å². The lowest BCUT2D eigenvalue weighted by atomic mass is 9.69. The van der Waals surface area contributed by atoms with Crippen LogP contribution >= 0.6 is 0 Å². The Hall–Kier alpha value is -0.790. The first-order chi connectivity index (χ1) is 9.15. The second-order valence-electron chi connectivity index (χ2n) is 6.72. The van der Waals surface area contributed by atoms with Crippen LogP contribution in [0.15, 0.2) is 12.2 Å². The Kier molecular flexibility index (Phi) is 5.47. The summed E-state index contributed by atoms with van der Waals surface area (Å²) in [5.41, 5.74) is 0. The van der Waals surface area contributed by atoms with Crippen LogP contribution in [-0.2, 0) is 4.79 Å². The fraction of sp³-hybridized carbons (Fsp3) is 0.824. The number of carboxylic acids is 1. The number of allylic oxidation sites excluding steroid dienone is 1. The summed E-state index contributed by atoms with van der Waals surface area (Å²) in [5.74, 6) is 2.81. The Morgan fingerprint density at radius 1 is 1.00 bits per heavy atom. The summed E-state index contributed by atoms with van der Waals surface area (Å²) in [5, 5.41) is 8.63. The van der Waals surface area contributed by atoms with Gasteiger partial charge >= 0.3 is 5.97 Å². The van der Waals surface area contributed by atoms with Gasteiger partial charge in [-0.2, -0.15) is 0 Å². The van der Waals surface area contributed by atoms with Gasteiger partial charge in [-0.25, -0.2) is 0 Å². The van der Waals surface area contributed by atoms with Gasteiger partial charge in [0.1, 0.15) is 0 Å². The number of carboxylic acid groups (broad SMARTS) is 1. The minimum Gasteiger partial charge on any atom is -0.481 e. The van der Waals surface area contributed by atoms with Crippen LogP contribution in [0.4, 0.5) is 0 Å². The molecule has 0 saturated heterocycles. The van der Waals surface area contributed by atoms with Crippen molar-refractivity contribution in [3.8, 4) is 0 Å². The van der Waals surface area contributed by atoms with Gasteiger partial charge in [0.2, 0.25) is 0 Å². The summed E-state index contributed by atoms with van der Waals surface area (Å²) in [4.78, 5) is 10.5. The monoisotopic (exact) mass is 264 g/mol. The summed E-state index contributed by atoms with van der Waals surface area (Å²) in [7, 11) is 0. The highest BCUT2D eigenvalue weighted by Gasteiger charge is 2.29. The largest absolute Gasteiger partial charge is 0.481 e. The minimum atomic E-state index is -0.721. The van der Waals surface area contributed by atoms with E-state index < -0.39 is 5.97 Å². The van der Waals surface area contributed by atoms with Crippen LogP contribution in [0.25, 0.3) is 0 Å². The zero-order valence-corrected chi connectivity index (χ0v) is 12.2. The van der Waals surface area contributed by atoms with Gasteiger partial charge < -0.3 is 5.11 Å². The van der Waals surface area contributed by atoms with Gasteiger partial charge in [-0.1, -0.05) is 31.9 Å². The number of hydrogen-bond acceptors (Lipinski definition) is 1. The van der Waals surface area contributed by atoms with Crippen LogP contribution in [-0.4, -0.2) is 11.1 Å². The number of hydrogen-bond donors (Lipinski definition) is 1. The van der Waals surface area contributed by atoms with Crippen LogP contribution < -0.4 is 0 Å². The Morgan fingerprint density at radius 3 is 2.05 bits per heavy atom. The molecule has 0 aromatic rings. The molecule has 0 spiro atoms. The summed E-state index contributed by atoms with van der Waals surface area (Å²) in [6.07, 6.45) is 15.2. The number of carbonyl (C=O) groups is 1. The highest BCUT2D eigenvalue weighted by atomic mass is 16.4. The van der Waals surface area contributed by atoms with E-state index in [1.165, 1.54) is 51.4 Å². The first-order valence-corrected chi connectivity index (χ1v) is 8.03. The molecule has 2 nitrogen and oxygen atoms in total. The van der Waals surface area contributed by atoms with Crippen molar-refractivity contribution < 1.29 is 9.90 Å². The third-order valence-electron chi connectivity index (χ3n) is 5.24. The fourth-order valence-corrected chi connectivity index (χ4v) is 3.93. The molecule has 0 unspecified atom stereocenters. The van der Waals surface area contributed by atoms with E-state index in [4.69, 9.17) is 5.11 Å². The zero-order valence-electron chi connectivity index (χ0n) is 12.2. The summed E-state index contributed by atoms with van der Waals surface area (Å²) < 4.78 is 0. The van der Waals surface area contributed by atoms with E-state index in [-0.39, 0.29) is 6.42 Å². The molecule has 2 fully saturated rings. The van der Waals surface area contributed by atoms with E-state index in [1.807, 2.05) is 6.08 Å². The zero-order chi connectivity index (χ0) is 13.7. The van der Waals surface area contributed by atoms with Crippen LogP contribution in [0.2, 0.25) is 0 Å². The molecule has 1 N–H and O–H groups in total. The van der Waals surface area contributed by atoms with Crippen molar-refractivity contribution in [3.63, 3.8) is 0 Å². The van der Waals surface area contributed by atoms with Gasteiger partial charge in [0.25, 0.3) is 0 Å². The molecule has 0 atom stereocenters. The highest BCUT2D eigenvalue weighted by molar-refractivity contribution is 5.68. The van der Waals surface area contributed by atoms with Crippen LogP contribution in [0.5, 0.6) is 0 Å². The van der Waals surface area contributed by atoms with Gasteiger partial charge in [0, 0.05) is 0 Å². The smallest absolute Gasteiger partial charge is 0.307 e. The molecule has 0 amide bonds. The van der Waals surface area contributed by atoms with Crippen molar-refractivity contribution in [1.82, 2.24) is 0 Å². The molecule has 2 heteroatoms. The predicted molar refractivity (Wildman–Crippen MR) is 78.0 cm³/mol. The summed E-state index contributed by atoms with van der Waals surface area (Å²) >= 11 is 0. The van der Waals surface area contributed by atoms with E-state index in [9.17, 15) is 4.79 Å². The van der Waals surface area contributed by atoms with E-state index in [1.54, 1.807) is 0 Å². The molecule has 0 aromatic carbocycles. The Labute approximate surface area is 117 Å². The Balaban J connectivity index is 1.70. The maximum absolute atomic E-state index is 10.5. The average molecular weight is 264 g/mol. The predicted octanol–water partition coefficient (Wildman–Crippen LogP) is 4.65. The van der Waals surface area contributed by atoms with Gasteiger partial charge in [0.15, 0.2) is 0 Å². The van der Waals surface area contributed by atoms with Crippen molar-refractivity contribution in [2.45, 2.75) is 64.7 Å². The standard InChI is InChI=1S/C17H28O2/c1-13-5-9-15(10-6-13)16-11-7-14(8-12-16)3-2-4-17(18)19/h2-3,13-16H,4-12H2,1H3,(H,18,19). The molecule has 2 rings (SSSR count). The van der Waals surface area contributed by atoms with E-state index >= 15 is 0 Å². The maximum Gasteiger partial charge on any atom is 0.307 e. The lowest BCUT2D eigenvalue weighted by Crippen LogP contribution is -2.24. The van der Waals surface area contributed by atoms with Gasteiger partial charge in [0.05, 0.1) is 6.42 Å². The van der Waals surface area contributed by atoms with Gasteiger partial charge in [-0.3, -0.25) is 4.79 Å². The molecule has 19 heavy (non-hydrogen) atoms. The second-order valence-corrected chi connectivity index (χ2v) is 6.72. The van der Waals surface area contributed by atoms with Crippen molar-refractivity contribution in [3.05, 3.63) is 12.2 Å². The first-order valence-electron chi connectivity index (χ1n) is 8.03. The fourth-order valence-electron chi connectivity index (χ4n) is 3.93. The molecule has 2 aliphatic rings. The quantitative estimate of drug-likeness (QED) is 0.750. The molecule has 0 bridgehead atoms. The maximum atomic E-state index is 10.5. The van der Waals surface area contributed by atoms with Crippen molar-refractivity contribution in [2.24, 2.45) is 23.7 Å². The van der Waals surface area contributed by atoms with E-state index in [0.29, 0.717) is 5.92 Å². The normalized spacial score (nSPS) is 36.5. The molecular formula is C17H28O2. The Morgan fingerprint density at radius 2 is 1.53 bits per heavy atom. The summed E-state index contributed by atoms with van der Waals surface area (Å²) in [6, 6.07) is 0. The molecule has 0 heterocycles. The molecule has 108 valence electrons. The van der Waals surface area contributed by atoms with Crippen molar-refractivity contribution >= 4 is 5.97 Å². The third kappa shape index (κ3) is 4.67. The summed E-state index contributed by atoms with van der Waals surface area (Å²) in [6.45, 7) is 2.39. The van der Waals surface area contributed by atoms with Crippen molar-refractivity contribution in [1.29, 1.82) is 0 Å². The average Bonchev–Trinajstić information content (AvgIpc) is 2.40. The molecule has 2 saturated carbocycles. The van der Waals surface area contributed by atoms with E-state index in [2.05, 4.69) is 13.0 Å². The van der Waals surface area contributed by atoms with Crippen LogP contribution in [0.3, 0.4) is 0 Å². The molecule has 0 aliphatic heterocycles. The molecule has 2 aliphatic carbocycles. The number of aliphatic carboxylic acids is 1. The second kappa shape index (κ2) is 7.12.